The van der Waals surface area contributed by atoms with Crippen LogP contribution in [0.2, 0.25) is 0 Å². The van der Waals surface area contributed by atoms with Gasteiger partial charge in [-0.2, -0.15) is 11.8 Å². The van der Waals surface area contributed by atoms with Crippen LogP contribution in [-0.2, 0) is 11.2 Å². The lowest BCUT2D eigenvalue weighted by Crippen LogP contribution is -2.28. The van der Waals surface area contributed by atoms with Gasteiger partial charge >= 0.3 is 0 Å². The fourth-order valence-electron chi connectivity index (χ4n) is 1.47. The fourth-order valence-corrected chi connectivity index (χ4v) is 2.28. The summed E-state index contributed by atoms with van der Waals surface area (Å²) in [7, 11) is 0. The van der Waals surface area contributed by atoms with Crippen molar-refractivity contribution in [2.45, 2.75) is 25.9 Å². The Bertz CT molecular complexity index is 341. The summed E-state index contributed by atoms with van der Waals surface area (Å²) in [6, 6.07) is 10.3. The third-order valence-electron chi connectivity index (χ3n) is 2.50. The maximum absolute atomic E-state index is 11.4. The largest absolute Gasteiger partial charge is 0.393 e. The van der Waals surface area contributed by atoms with E-state index in [9.17, 15) is 4.79 Å². The zero-order valence-corrected chi connectivity index (χ0v) is 11.6. The molecule has 0 heterocycles. The van der Waals surface area contributed by atoms with Crippen molar-refractivity contribution >= 4 is 17.7 Å². The van der Waals surface area contributed by atoms with Crippen LogP contribution in [-0.4, -0.2) is 35.2 Å². The van der Waals surface area contributed by atoms with Gasteiger partial charge in [0, 0.05) is 6.54 Å². The lowest BCUT2D eigenvalue weighted by molar-refractivity contribution is -0.118. The number of hydrogen-bond donors (Lipinski definition) is 2. The number of rotatable bonds is 8. The summed E-state index contributed by atoms with van der Waals surface area (Å²) < 4.78 is 0. The molecule has 0 spiro atoms. The molecule has 2 N–H and O–H groups in total. The highest BCUT2D eigenvalue weighted by atomic mass is 32.2. The average molecular weight is 267 g/mol. The number of hydrogen-bond acceptors (Lipinski definition) is 3. The second-order valence-electron chi connectivity index (χ2n) is 4.28. The summed E-state index contributed by atoms with van der Waals surface area (Å²) in [4.78, 5) is 11.4. The Labute approximate surface area is 113 Å². The molecule has 0 fully saturated rings. The topological polar surface area (TPSA) is 49.3 Å². The number of aliphatic hydroxyl groups excluding tert-OH is 1. The molecule has 100 valence electrons. The number of carbonyl (C=O) groups is 1. The van der Waals surface area contributed by atoms with E-state index in [4.69, 9.17) is 5.11 Å². The Hall–Kier alpha value is -1.00. The highest BCUT2D eigenvalue weighted by Crippen LogP contribution is 2.06. The molecule has 3 nitrogen and oxygen atoms in total. The summed E-state index contributed by atoms with van der Waals surface area (Å²) in [5.41, 5.74) is 1.31. The molecule has 0 saturated heterocycles. The Balaban J connectivity index is 2.02. The Morgan fingerprint density at radius 1 is 1.39 bits per heavy atom. The zero-order valence-electron chi connectivity index (χ0n) is 10.8. The van der Waals surface area contributed by atoms with E-state index in [0.29, 0.717) is 18.7 Å². The molecule has 4 heteroatoms. The molecule has 0 saturated carbocycles. The second-order valence-corrected chi connectivity index (χ2v) is 5.38. The van der Waals surface area contributed by atoms with Crippen molar-refractivity contribution < 1.29 is 9.90 Å². The van der Waals surface area contributed by atoms with E-state index < -0.39 is 0 Å². The molecular weight excluding hydrogens is 246 g/mol. The SMILES string of the molecule is CC(O)CCNC(=O)CSCCc1ccccc1. The monoisotopic (exact) mass is 267 g/mol. The van der Waals surface area contributed by atoms with E-state index in [2.05, 4.69) is 17.4 Å². The highest BCUT2D eigenvalue weighted by Gasteiger charge is 2.02. The number of aryl methyl sites for hydroxylation is 1. The zero-order chi connectivity index (χ0) is 13.2. The minimum absolute atomic E-state index is 0.0497. The quantitative estimate of drug-likeness (QED) is 0.707. The molecule has 1 aromatic rings. The van der Waals surface area contributed by atoms with Crippen LogP contribution in [0, 0.1) is 0 Å². The van der Waals surface area contributed by atoms with Crippen LogP contribution < -0.4 is 5.32 Å². The van der Waals surface area contributed by atoms with Crippen molar-refractivity contribution in [1.29, 1.82) is 0 Å². The van der Waals surface area contributed by atoms with Gasteiger partial charge in [0.2, 0.25) is 5.91 Å². The van der Waals surface area contributed by atoms with Crippen molar-refractivity contribution in [2.24, 2.45) is 0 Å². The van der Waals surface area contributed by atoms with Gasteiger partial charge in [0.1, 0.15) is 0 Å². The molecular formula is C14H21NO2S. The Morgan fingerprint density at radius 2 is 2.11 bits per heavy atom. The van der Waals surface area contributed by atoms with Crippen LogP contribution in [0.4, 0.5) is 0 Å². The van der Waals surface area contributed by atoms with Crippen molar-refractivity contribution in [3.63, 3.8) is 0 Å². The lowest BCUT2D eigenvalue weighted by Gasteiger charge is -2.06. The van der Waals surface area contributed by atoms with E-state index in [0.717, 1.165) is 12.2 Å². The van der Waals surface area contributed by atoms with Crippen LogP contribution in [0.3, 0.4) is 0 Å². The molecule has 1 amide bonds. The average Bonchev–Trinajstić information content (AvgIpc) is 2.35. The summed E-state index contributed by atoms with van der Waals surface area (Å²) in [5, 5.41) is 11.8. The summed E-state index contributed by atoms with van der Waals surface area (Å²) in [5.74, 6) is 1.49. The van der Waals surface area contributed by atoms with Gasteiger partial charge in [-0.1, -0.05) is 30.3 Å². The van der Waals surface area contributed by atoms with E-state index in [1.54, 1.807) is 18.7 Å². The predicted molar refractivity (Wildman–Crippen MR) is 76.8 cm³/mol. The van der Waals surface area contributed by atoms with Crippen molar-refractivity contribution in [3.05, 3.63) is 35.9 Å². The molecule has 0 aliphatic rings. The van der Waals surface area contributed by atoms with Gasteiger partial charge < -0.3 is 10.4 Å². The van der Waals surface area contributed by atoms with E-state index in [1.165, 1.54) is 5.56 Å². The molecule has 0 radical (unpaired) electrons. The van der Waals surface area contributed by atoms with Crippen molar-refractivity contribution in [2.75, 3.05) is 18.1 Å². The smallest absolute Gasteiger partial charge is 0.229 e. The third-order valence-corrected chi connectivity index (χ3v) is 3.45. The normalized spacial score (nSPS) is 12.1. The van der Waals surface area contributed by atoms with Gasteiger partial charge in [-0.3, -0.25) is 4.79 Å². The minimum atomic E-state index is -0.351. The van der Waals surface area contributed by atoms with E-state index in [1.807, 2.05) is 18.2 Å². The standard InChI is InChI=1S/C14H21NO2S/c1-12(16)7-9-15-14(17)11-18-10-8-13-5-3-2-4-6-13/h2-6,12,16H,7-11H2,1H3,(H,15,17). The van der Waals surface area contributed by atoms with Gasteiger partial charge in [-0.25, -0.2) is 0 Å². The highest BCUT2D eigenvalue weighted by molar-refractivity contribution is 7.99. The van der Waals surface area contributed by atoms with Crippen LogP contribution in [0.5, 0.6) is 0 Å². The molecule has 1 atom stereocenters. The first kappa shape index (κ1) is 15.1. The van der Waals surface area contributed by atoms with Gasteiger partial charge in [0.05, 0.1) is 11.9 Å². The summed E-state index contributed by atoms with van der Waals surface area (Å²) >= 11 is 1.64. The van der Waals surface area contributed by atoms with Crippen LogP contribution in [0.15, 0.2) is 30.3 Å². The van der Waals surface area contributed by atoms with E-state index >= 15 is 0 Å². The van der Waals surface area contributed by atoms with Crippen LogP contribution in [0.25, 0.3) is 0 Å². The number of amides is 1. The Morgan fingerprint density at radius 3 is 2.78 bits per heavy atom. The van der Waals surface area contributed by atoms with Crippen molar-refractivity contribution in [3.8, 4) is 0 Å². The lowest BCUT2D eigenvalue weighted by atomic mass is 10.2. The predicted octanol–water partition coefficient (Wildman–Crippen LogP) is 1.85. The minimum Gasteiger partial charge on any atom is -0.393 e. The first-order valence-electron chi connectivity index (χ1n) is 6.25. The molecule has 0 aromatic heterocycles. The molecule has 1 aromatic carbocycles. The first-order valence-corrected chi connectivity index (χ1v) is 7.40. The fraction of sp³-hybridized carbons (Fsp3) is 0.500. The number of carbonyl (C=O) groups excluding carboxylic acids is 1. The molecule has 1 rings (SSSR count). The van der Waals surface area contributed by atoms with Gasteiger partial charge in [-0.05, 0) is 31.1 Å². The summed E-state index contributed by atoms with van der Waals surface area (Å²) in [6.07, 6.45) is 1.25. The molecule has 0 bridgehead atoms. The van der Waals surface area contributed by atoms with Gasteiger partial charge in [-0.15, -0.1) is 0 Å². The molecule has 1 unspecified atom stereocenters. The summed E-state index contributed by atoms with van der Waals surface area (Å²) in [6.45, 7) is 2.27. The maximum atomic E-state index is 11.4. The third kappa shape index (κ3) is 7.35. The van der Waals surface area contributed by atoms with Crippen LogP contribution >= 0.6 is 11.8 Å². The molecule has 18 heavy (non-hydrogen) atoms. The number of nitrogens with one attached hydrogen (secondary N) is 1. The maximum Gasteiger partial charge on any atom is 0.229 e. The Kier molecular flexibility index (Phi) is 7.53. The van der Waals surface area contributed by atoms with Crippen molar-refractivity contribution in [1.82, 2.24) is 5.32 Å². The van der Waals surface area contributed by atoms with Gasteiger partial charge in [0.25, 0.3) is 0 Å². The molecule has 0 aliphatic heterocycles. The number of thioether (sulfide) groups is 1. The van der Waals surface area contributed by atoms with Gasteiger partial charge in [0.15, 0.2) is 0 Å². The first-order chi connectivity index (χ1) is 8.68. The number of benzene rings is 1. The second kappa shape index (κ2) is 9.00. The van der Waals surface area contributed by atoms with Crippen LogP contribution in [0.1, 0.15) is 18.9 Å². The number of aliphatic hydroxyl groups is 1. The van der Waals surface area contributed by atoms with E-state index in [-0.39, 0.29) is 12.0 Å². The molecule has 0 aliphatic carbocycles.